The van der Waals surface area contributed by atoms with E-state index in [0.717, 1.165) is 61.1 Å². The van der Waals surface area contributed by atoms with Crippen molar-refractivity contribution in [3.05, 3.63) is 90.3 Å². The molecule has 0 saturated carbocycles. The zero-order valence-electron chi connectivity index (χ0n) is 40.2. The third-order valence-corrected chi connectivity index (χ3v) is 13.7. The lowest BCUT2D eigenvalue weighted by atomic mass is 9.84. The highest BCUT2D eigenvalue weighted by atomic mass is 19.1. The van der Waals surface area contributed by atoms with Crippen LogP contribution < -0.4 is 10.7 Å². The summed E-state index contributed by atoms with van der Waals surface area (Å²) in [6.45, 7) is 16.5. The molecule has 4 atom stereocenters. The van der Waals surface area contributed by atoms with E-state index in [1.165, 1.54) is 17.0 Å². The molecule has 4 amide bonds. The highest BCUT2D eigenvalue weighted by Gasteiger charge is 2.47. The Balaban J connectivity index is 1.28. The van der Waals surface area contributed by atoms with Crippen LogP contribution in [0.2, 0.25) is 0 Å². The number of halogens is 1. The van der Waals surface area contributed by atoms with Gasteiger partial charge in [-0.2, -0.15) is 0 Å². The second-order valence-corrected chi connectivity index (χ2v) is 19.4. The first kappa shape index (κ1) is 49.0. The average molecular weight is 920 g/mol. The quantitative estimate of drug-likeness (QED) is 0.130. The largest absolute Gasteiger partial charge is 0.464 e. The van der Waals surface area contributed by atoms with E-state index in [2.05, 4.69) is 66.9 Å². The van der Waals surface area contributed by atoms with Gasteiger partial charge in [0.25, 0.3) is 11.8 Å². The molecule has 3 aliphatic rings. The van der Waals surface area contributed by atoms with Crippen LogP contribution in [-0.2, 0) is 52.8 Å². The number of amides is 4. The number of methoxy groups -OCH3 is 1. The van der Waals surface area contributed by atoms with Gasteiger partial charge in [0, 0.05) is 87.7 Å². The molecule has 1 unspecified atom stereocenters. The van der Waals surface area contributed by atoms with Crippen molar-refractivity contribution in [1.29, 1.82) is 0 Å². The molecule has 2 saturated heterocycles. The summed E-state index contributed by atoms with van der Waals surface area (Å²) in [5, 5.41) is 5.41. The van der Waals surface area contributed by atoms with Crippen LogP contribution in [0.4, 0.5) is 4.39 Å². The number of nitrogens with zero attached hydrogens (tertiary/aromatic N) is 5. The zero-order valence-corrected chi connectivity index (χ0v) is 40.2. The average Bonchev–Trinajstić information content (AvgIpc) is 3.63. The summed E-state index contributed by atoms with van der Waals surface area (Å²) in [5.74, 6) is -3.23. The number of benzene rings is 2. The lowest BCUT2D eigenvalue weighted by molar-refractivity contribution is -0.156. The summed E-state index contributed by atoms with van der Waals surface area (Å²) in [7, 11) is 3.08. The van der Waals surface area contributed by atoms with Crippen LogP contribution in [0.3, 0.4) is 0 Å². The van der Waals surface area contributed by atoms with Crippen LogP contribution in [0, 0.1) is 11.3 Å². The zero-order chi connectivity index (χ0) is 48.4. The summed E-state index contributed by atoms with van der Waals surface area (Å²) in [4.78, 5) is 76.7. The van der Waals surface area contributed by atoms with E-state index < -0.39 is 58.8 Å². The Labute approximate surface area is 393 Å². The van der Waals surface area contributed by atoms with E-state index >= 15 is 4.39 Å². The van der Waals surface area contributed by atoms with Crippen LogP contribution in [-0.4, -0.2) is 118 Å². The molecule has 0 spiro atoms. The number of hydrogen-bond acceptors (Lipinski definition) is 9. The molecule has 7 rings (SSSR count). The molecular weight excluding hydrogens is 854 g/mol. The van der Waals surface area contributed by atoms with E-state index in [9.17, 15) is 24.0 Å². The summed E-state index contributed by atoms with van der Waals surface area (Å²) in [5.41, 5.74) is 7.89. The Hall–Kier alpha value is -5.93. The molecule has 2 N–H and O–H groups in total. The van der Waals surface area contributed by atoms with E-state index in [4.69, 9.17) is 14.5 Å². The maximum Gasteiger partial charge on any atom is 0.324 e. The molecule has 2 aromatic carbocycles. The number of aromatic nitrogens is 2. The Morgan fingerprint density at radius 2 is 1.79 bits per heavy atom. The minimum absolute atomic E-state index is 0.0340. The van der Waals surface area contributed by atoms with Gasteiger partial charge in [0.05, 0.1) is 24.1 Å². The smallest absolute Gasteiger partial charge is 0.324 e. The van der Waals surface area contributed by atoms with Gasteiger partial charge in [-0.05, 0) is 91.6 Å². The third kappa shape index (κ3) is 10.2. The predicted octanol–water partition coefficient (Wildman–Crippen LogP) is 6.75. The minimum atomic E-state index is -2.29. The fraction of sp³-hybridized carbons (Fsp3) is 0.500. The van der Waals surface area contributed by atoms with Crippen molar-refractivity contribution in [2.45, 2.75) is 117 Å². The van der Waals surface area contributed by atoms with Gasteiger partial charge in [0.1, 0.15) is 18.1 Å². The highest BCUT2D eigenvalue weighted by molar-refractivity contribution is 5.96. The number of hydrazine groups is 1. The molecule has 2 aromatic heterocycles. The molecule has 358 valence electrons. The maximum atomic E-state index is 16.4. The second-order valence-electron chi connectivity index (χ2n) is 19.4. The van der Waals surface area contributed by atoms with Crippen LogP contribution in [0.5, 0.6) is 0 Å². The van der Waals surface area contributed by atoms with Crippen molar-refractivity contribution in [2.24, 2.45) is 11.3 Å². The van der Waals surface area contributed by atoms with Crippen molar-refractivity contribution in [3.63, 3.8) is 0 Å². The number of rotatable bonds is 10. The number of piperidine rings is 1. The van der Waals surface area contributed by atoms with Gasteiger partial charge >= 0.3 is 5.97 Å². The number of aryl methyl sites for hydroxylation is 1. The van der Waals surface area contributed by atoms with Crippen LogP contribution in [0.1, 0.15) is 90.2 Å². The number of hydrogen-bond donors (Lipinski definition) is 2. The Kier molecular flexibility index (Phi) is 14.7. The number of alkyl halides is 1. The van der Waals surface area contributed by atoms with Gasteiger partial charge in [-0.3, -0.25) is 34.0 Å². The van der Waals surface area contributed by atoms with Crippen LogP contribution >= 0.6 is 0 Å². The first-order valence-electron chi connectivity index (χ1n) is 23.5. The Bertz CT molecular complexity index is 2530. The number of pyridine rings is 1. The minimum Gasteiger partial charge on any atom is -0.464 e. The third-order valence-electron chi connectivity index (χ3n) is 13.7. The molecule has 14 nitrogen and oxygen atoms in total. The van der Waals surface area contributed by atoms with Crippen LogP contribution in [0.25, 0.3) is 33.3 Å². The first-order valence-corrected chi connectivity index (χ1v) is 23.5. The van der Waals surface area contributed by atoms with Crippen molar-refractivity contribution in [3.8, 4) is 22.4 Å². The molecule has 15 heteroatoms. The number of nitrogens with one attached hydrogen (secondary N) is 2. The van der Waals surface area contributed by atoms with Gasteiger partial charge in [-0.15, -0.1) is 0 Å². The van der Waals surface area contributed by atoms with Gasteiger partial charge in [0.15, 0.2) is 5.67 Å². The number of carbonyl (C=O) groups excluding carboxylic acids is 5. The van der Waals surface area contributed by atoms with Crippen molar-refractivity contribution >= 4 is 40.5 Å². The molecule has 67 heavy (non-hydrogen) atoms. The standard InChI is InChI=1S/C52H66FN7O7/c1-10-43(61)58-25-21-52(53,22-26-58)50(65)57(8)45(32(3)4)47(62)55-41-28-34-15-12-16-35(27-34)36-19-20-42-38(29-36)39(46(59(42)11-2)37-17-13-23-54-44(37)33(5)66-9)30-51(6,7)31-67-49(64)40-18-14-24-60(56-40)48(41)63/h10,12-13,15-17,19-20,23,27,29,32-33,40-41,45,56H,1,11,14,18,21-22,24-26,28,30-31H2,2-9H3,(H,55,62)/t33-,40-,41-,45?/m0/s1. The maximum absolute atomic E-state index is 16.4. The van der Waals surface area contributed by atoms with E-state index in [1.807, 2.05) is 37.3 Å². The molecular formula is C52H66FN7O7. The van der Waals surface area contributed by atoms with Crippen molar-refractivity contribution in [2.75, 3.05) is 40.4 Å². The van der Waals surface area contributed by atoms with Crippen molar-refractivity contribution in [1.82, 2.24) is 35.1 Å². The molecule has 6 bridgehead atoms. The fourth-order valence-corrected chi connectivity index (χ4v) is 10.0. The normalized spacial score (nSPS) is 20.7. The topological polar surface area (TPSA) is 155 Å². The number of likely N-dealkylation sites (tertiary alicyclic amines) is 1. The van der Waals surface area contributed by atoms with Crippen LogP contribution in [0.15, 0.2) is 73.4 Å². The van der Waals surface area contributed by atoms with Gasteiger partial charge in [0.2, 0.25) is 11.8 Å². The Morgan fingerprint density at radius 3 is 2.48 bits per heavy atom. The second kappa shape index (κ2) is 20.1. The van der Waals surface area contributed by atoms with Crippen molar-refractivity contribution < 1.29 is 37.8 Å². The first-order chi connectivity index (χ1) is 31.9. The number of carbonyl (C=O) groups is 5. The monoisotopic (exact) mass is 920 g/mol. The molecule has 5 heterocycles. The Morgan fingerprint density at radius 1 is 1.06 bits per heavy atom. The van der Waals surface area contributed by atoms with E-state index in [0.29, 0.717) is 25.8 Å². The molecule has 2 fully saturated rings. The summed E-state index contributed by atoms with van der Waals surface area (Å²) < 4.78 is 30.7. The van der Waals surface area contributed by atoms with E-state index in [-0.39, 0.29) is 57.5 Å². The van der Waals surface area contributed by atoms with Gasteiger partial charge in [-0.25, -0.2) is 9.82 Å². The number of ether oxygens (including phenoxy) is 2. The summed E-state index contributed by atoms with van der Waals surface area (Å²) >= 11 is 0. The lowest BCUT2D eigenvalue weighted by Gasteiger charge is -2.40. The van der Waals surface area contributed by atoms with Gasteiger partial charge in [-0.1, -0.05) is 64.6 Å². The van der Waals surface area contributed by atoms with E-state index in [1.54, 1.807) is 27.2 Å². The fourth-order valence-electron chi connectivity index (χ4n) is 10.0. The number of fused-ring (bicyclic) bond motifs is 6. The number of esters is 1. The lowest BCUT2D eigenvalue weighted by Crippen LogP contribution is -2.63. The SMILES string of the molecule is C=CC(=O)N1CCC(F)(C(=O)N(C)C(C(=O)N[C@H]2Cc3cccc(c3)-c3ccc4c(c3)c(c(-c3cccnc3[C@H](C)OC)n4CC)CC(C)(C)COC(=O)[C@@H]3CCCN(N3)C2=O)C(C)C)CC1. The number of likely N-dealkylation sites (N-methyl/N-ethyl adjacent to an activating group) is 1. The van der Waals surface area contributed by atoms with Gasteiger partial charge < -0.3 is 29.2 Å². The molecule has 0 aliphatic carbocycles. The number of cyclic esters (lactones) is 1. The summed E-state index contributed by atoms with van der Waals surface area (Å²) in [6, 6.07) is 15.2. The predicted molar refractivity (Wildman–Crippen MR) is 255 cm³/mol. The highest BCUT2D eigenvalue weighted by Crippen LogP contribution is 2.42. The molecule has 0 radical (unpaired) electrons. The molecule has 3 aliphatic heterocycles. The summed E-state index contributed by atoms with van der Waals surface area (Å²) in [6.07, 6.45) is 3.82. The molecule has 4 aromatic rings.